The lowest BCUT2D eigenvalue weighted by Gasteiger charge is -2.24. The summed E-state index contributed by atoms with van der Waals surface area (Å²) in [6.45, 7) is 5.87. The Kier molecular flexibility index (Phi) is 3.97. The van der Waals surface area contributed by atoms with Gasteiger partial charge >= 0.3 is 0 Å². The predicted molar refractivity (Wildman–Crippen MR) is 68.7 cm³/mol. The first kappa shape index (κ1) is 11.6. The Bertz CT molecular complexity index is 329. The van der Waals surface area contributed by atoms with Gasteiger partial charge in [-0.1, -0.05) is 24.3 Å². The minimum atomic E-state index is 0.472. The van der Waals surface area contributed by atoms with Crippen molar-refractivity contribution in [1.29, 1.82) is 0 Å². The molecule has 2 rings (SSSR count). The van der Waals surface area contributed by atoms with Crippen LogP contribution in [0.2, 0.25) is 0 Å². The molecule has 1 heterocycles. The molecule has 1 atom stereocenters. The van der Waals surface area contributed by atoms with Crippen LogP contribution in [0.1, 0.15) is 30.0 Å². The van der Waals surface area contributed by atoms with Crippen LogP contribution in [0.5, 0.6) is 0 Å². The Balaban J connectivity index is 2.06. The van der Waals surface area contributed by atoms with Gasteiger partial charge in [0.15, 0.2) is 0 Å². The van der Waals surface area contributed by atoms with Gasteiger partial charge in [-0.15, -0.1) is 0 Å². The summed E-state index contributed by atoms with van der Waals surface area (Å²) in [6, 6.07) is 9.16. The van der Waals surface area contributed by atoms with Gasteiger partial charge in [-0.3, -0.25) is 0 Å². The molecule has 1 saturated heterocycles. The SMILES string of the molecule is CNC(CN1CCCC1)c1ccccc1C. The van der Waals surface area contributed by atoms with Gasteiger partial charge in [-0.2, -0.15) is 0 Å². The molecule has 0 aromatic heterocycles. The molecule has 88 valence electrons. The molecule has 0 radical (unpaired) electrons. The van der Waals surface area contributed by atoms with Crippen molar-refractivity contribution in [1.82, 2.24) is 10.2 Å². The second-order valence-electron chi connectivity index (χ2n) is 4.71. The lowest BCUT2D eigenvalue weighted by atomic mass is 10.0. The summed E-state index contributed by atoms with van der Waals surface area (Å²) >= 11 is 0. The van der Waals surface area contributed by atoms with E-state index in [9.17, 15) is 0 Å². The minimum absolute atomic E-state index is 0.472. The maximum atomic E-state index is 3.44. The smallest absolute Gasteiger partial charge is 0.0449 e. The first-order valence-corrected chi connectivity index (χ1v) is 6.26. The van der Waals surface area contributed by atoms with Crippen molar-refractivity contribution in [2.45, 2.75) is 25.8 Å². The van der Waals surface area contributed by atoms with Gasteiger partial charge in [-0.25, -0.2) is 0 Å². The second-order valence-corrected chi connectivity index (χ2v) is 4.71. The summed E-state index contributed by atoms with van der Waals surface area (Å²) in [6.07, 6.45) is 2.73. The predicted octanol–water partition coefficient (Wildman–Crippen LogP) is 2.35. The van der Waals surface area contributed by atoms with Crippen molar-refractivity contribution >= 4 is 0 Å². The normalized spacial score (nSPS) is 18.9. The molecule has 1 aromatic carbocycles. The summed E-state index contributed by atoms with van der Waals surface area (Å²) < 4.78 is 0. The third-order valence-electron chi connectivity index (χ3n) is 3.55. The molecule has 0 bridgehead atoms. The lowest BCUT2D eigenvalue weighted by Crippen LogP contribution is -2.32. The van der Waals surface area contributed by atoms with Crippen molar-refractivity contribution in [2.24, 2.45) is 0 Å². The van der Waals surface area contributed by atoms with Crippen molar-refractivity contribution in [3.8, 4) is 0 Å². The number of nitrogens with zero attached hydrogens (tertiary/aromatic N) is 1. The first-order valence-electron chi connectivity index (χ1n) is 6.26. The highest BCUT2D eigenvalue weighted by atomic mass is 15.2. The van der Waals surface area contributed by atoms with Crippen LogP contribution in [0.4, 0.5) is 0 Å². The molecule has 1 aliphatic rings. The van der Waals surface area contributed by atoms with Gasteiger partial charge in [0, 0.05) is 12.6 Å². The number of nitrogens with one attached hydrogen (secondary N) is 1. The van der Waals surface area contributed by atoms with Crippen molar-refractivity contribution in [3.63, 3.8) is 0 Å². The van der Waals surface area contributed by atoms with Crippen LogP contribution in [-0.4, -0.2) is 31.6 Å². The molecular formula is C14H22N2. The van der Waals surface area contributed by atoms with E-state index in [1.165, 1.54) is 37.1 Å². The number of likely N-dealkylation sites (N-methyl/N-ethyl adjacent to an activating group) is 1. The van der Waals surface area contributed by atoms with Gasteiger partial charge in [0.25, 0.3) is 0 Å². The lowest BCUT2D eigenvalue weighted by molar-refractivity contribution is 0.299. The van der Waals surface area contributed by atoms with E-state index in [4.69, 9.17) is 0 Å². The van der Waals surface area contributed by atoms with Crippen LogP contribution in [0.15, 0.2) is 24.3 Å². The highest BCUT2D eigenvalue weighted by Gasteiger charge is 2.18. The molecule has 2 heteroatoms. The van der Waals surface area contributed by atoms with E-state index < -0.39 is 0 Å². The molecule has 1 fully saturated rings. The van der Waals surface area contributed by atoms with Crippen molar-refractivity contribution in [3.05, 3.63) is 35.4 Å². The van der Waals surface area contributed by atoms with Gasteiger partial charge < -0.3 is 10.2 Å². The molecule has 0 aliphatic carbocycles. The van der Waals surface area contributed by atoms with Crippen LogP contribution in [0, 0.1) is 6.92 Å². The molecule has 0 amide bonds. The molecule has 1 aromatic rings. The number of likely N-dealkylation sites (tertiary alicyclic amines) is 1. The highest BCUT2D eigenvalue weighted by molar-refractivity contribution is 5.28. The molecule has 0 spiro atoms. The summed E-state index contributed by atoms with van der Waals surface area (Å²) in [7, 11) is 2.06. The Morgan fingerprint density at radius 1 is 1.25 bits per heavy atom. The molecule has 1 N–H and O–H groups in total. The monoisotopic (exact) mass is 218 g/mol. The third-order valence-corrected chi connectivity index (χ3v) is 3.55. The van der Waals surface area contributed by atoms with Crippen LogP contribution < -0.4 is 5.32 Å². The molecule has 2 nitrogen and oxygen atoms in total. The van der Waals surface area contributed by atoms with E-state index in [-0.39, 0.29) is 0 Å². The number of hydrogen-bond donors (Lipinski definition) is 1. The summed E-state index contributed by atoms with van der Waals surface area (Å²) in [5.41, 5.74) is 2.83. The largest absolute Gasteiger partial charge is 0.312 e. The van der Waals surface area contributed by atoms with Crippen LogP contribution in [-0.2, 0) is 0 Å². The molecule has 0 saturated carbocycles. The maximum Gasteiger partial charge on any atom is 0.0449 e. The van der Waals surface area contributed by atoms with Crippen LogP contribution in [0.3, 0.4) is 0 Å². The number of aryl methyl sites for hydroxylation is 1. The third kappa shape index (κ3) is 2.63. The van der Waals surface area contributed by atoms with Crippen LogP contribution >= 0.6 is 0 Å². The maximum absolute atomic E-state index is 3.44. The van der Waals surface area contributed by atoms with Gasteiger partial charge in [0.05, 0.1) is 0 Å². The topological polar surface area (TPSA) is 15.3 Å². The second kappa shape index (κ2) is 5.46. The molecule has 1 aliphatic heterocycles. The standard InChI is InChI=1S/C14H22N2/c1-12-7-3-4-8-13(12)14(15-2)11-16-9-5-6-10-16/h3-4,7-8,14-15H,5-6,9-11H2,1-2H3. The number of hydrogen-bond acceptors (Lipinski definition) is 2. The molecular weight excluding hydrogens is 196 g/mol. The fourth-order valence-electron chi connectivity index (χ4n) is 2.55. The summed E-state index contributed by atoms with van der Waals surface area (Å²) in [5, 5.41) is 3.44. The van der Waals surface area contributed by atoms with E-state index in [1.807, 2.05) is 0 Å². The van der Waals surface area contributed by atoms with Crippen molar-refractivity contribution in [2.75, 3.05) is 26.7 Å². The highest BCUT2D eigenvalue weighted by Crippen LogP contribution is 2.20. The zero-order chi connectivity index (χ0) is 11.4. The summed E-state index contributed by atoms with van der Waals surface area (Å²) in [4.78, 5) is 2.56. The van der Waals surface area contributed by atoms with Gasteiger partial charge in [-0.05, 0) is 51.0 Å². The summed E-state index contributed by atoms with van der Waals surface area (Å²) in [5.74, 6) is 0. The number of rotatable bonds is 4. The van der Waals surface area contributed by atoms with E-state index in [1.54, 1.807) is 0 Å². The van der Waals surface area contributed by atoms with E-state index in [0.717, 1.165) is 6.54 Å². The molecule has 1 unspecified atom stereocenters. The Hall–Kier alpha value is -0.860. The molecule has 16 heavy (non-hydrogen) atoms. The van der Waals surface area contributed by atoms with Crippen LogP contribution in [0.25, 0.3) is 0 Å². The first-order chi connectivity index (χ1) is 7.81. The zero-order valence-electron chi connectivity index (χ0n) is 10.4. The van der Waals surface area contributed by atoms with Gasteiger partial charge in [0.1, 0.15) is 0 Å². The quantitative estimate of drug-likeness (QED) is 0.834. The number of benzene rings is 1. The zero-order valence-corrected chi connectivity index (χ0v) is 10.4. The average molecular weight is 218 g/mol. The van der Waals surface area contributed by atoms with E-state index >= 15 is 0 Å². The Morgan fingerprint density at radius 3 is 2.56 bits per heavy atom. The fourth-order valence-corrected chi connectivity index (χ4v) is 2.55. The fraction of sp³-hybridized carbons (Fsp3) is 0.571. The van der Waals surface area contributed by atoms with Gasteiger partial charge in [0.2, 0.25) is 0 Å². The Morgan fingerprint density at radius 2 is 1.94 bits per heavy atom. The van der Waals surface area contributed by atoms with E-state index in [2.05, 4.69) is 48.5 Å². The average Bonchev–Trinajstić information content (AvgIpc) is 2.80. The van der Waals surface area contributed by atoms with Crippen molar-refractivity contribution < 1.29 is 0 Å². The minimum Gasteiger partial charge on any atom is -0.312 e. The van der Waals surface area contributed by atoms with E-state index in [0.29, 0.717) is 6.04 Å². The Labute approximate surface area is 98.7 Å².